The van der Waals surface area contributed by atoms with Crippen molar-refractivity contribution in [2.75, 3.05) is 7.05 Å². The molecule has 0 aromatic carbocycles. The van der Waals surface area contributed by atoms with E-state index in [2.05, 4.69) is 10.1 Å². The highest BCUT2D eigenvalue weighted by molar-refractivity contribution is 5.92. The molecule has 20 heavy (non-hydrogen) atoms. The van der Waals surface area contributed by atoms with Crippen LogP contribution in [-0.4, -0.2) is 37.0 Å². The molecule has 0 atom stereocenters. The van der Waals surface area contributed by atoms with Crippen molar-refractivity contribution in [1.29, 1.82) is 0 Å². The van der Waals surface area contributed by atoms with Crippen LogP contribution in [0.1, 0.15) is 16.2 Å². The summed E-state index contributed by atoms with van der Waals surface area (Å²) in [5.41, 5.74) is 2.30. The molecule has 3 heterocycles. The number of rotatable bonds is 3. The summed E-state index contributed by atoms with van der Waals surface area (Å²) in [7, 11) is 3.52. The van der Waals surface area contributed by atoms with E-state index in [1.165, 1.54) is 0 Å². The number of imidazole rings is 1. The minimum absolute atomic E-state index is 0.0675. The number of fused-ring (bicyclic) bond motifs is 1. The minimum Gasteiger partial charge on any atom is -0.334 e. The van der Waals surface area contributed by atoms with Gasteiger partial charge < -0.3 is 9.30 Å². The second-order valence-electron chi connectivity index (χ2n) is 4.70. The molecule has 6 heteroatoms. The van der Waals surface area contributed by atoms with Crippen LogP contribution in [0, 0.1) is 0 Å². The molecule has 3 aromatic heterocycles. The molecule has 0 aliphatic carbocycles. The van der Waals surface area contributed by atoms with Crippen LogP contribution in [0.2, 0.25) is 0 Å². The van der Waals surface area contributed by atoms with Crippen LogP contribution >= 0.6 is 0 Å². The number of amides is 1. The van der Waals surface area contributed by atoms with E-state index in [1.807, 2.05) is 35.0 Å². The molecule has 0 saturated heterocycles. The molecule has 0 saturated carbocycles. The van der Waals surface area contributed by atoms with Crippen LogP contribution in [0.25, 0.3) is 5.65 Å². The maximum absolute atomic E-state index is 12.3. The van der Waals surface area contributed by atoms with Crippen LogP contribution in [0.3, 0.4) is 0 Å². The van der Waals surface area contributed by atoms with Crippen LogP contribution in [-0.2, 0) is 13.6 Å². The zero-order valence-corrected chi connectivity index (χ0v) is 11.4. The van der Waals surface area contributed by atoms with Gasteiger partial charge in [0.1, 0.15) is 11.3 Å². The topological polar surface area (TPSA) is 55.4 Å². The Morgan fingerprint density at radius 2 is 2.20 bits per heavy atom. The first-order valence-corrected chi connectivity index (χ1v) is 6.31. The zero-order valence-electron chi connectivity index (χ0n) is 11.4. The number of carbonyl (C=O) groups excluding carboxylic acids is 1. The monoisotopic (exact) mass is 269 g/mol. The summed E-state index contributed by atoms with van der Waals surface area (Å²) in [6.45, 7) is 0.464. The van der Waals surface area contributed by atoms with Gasteiger partial charge in [-0.3, -0.25) is 9.48 Å². The van der Waals surface area contributed by atoms with Crippen molar-refractivity contribution in [2.24, 2.45) is 7.05 Å². The lowest BCUT2D eigenvalue weighted by molar-refractivity contribution is 0.0772. The fraction of sp³-hybridized carbons (Fsp3) is 0.214. The van der Waals surface area contributed by atoms with E-state index in [4.69, 9.17) is 0 Å². The second-order valence-corrected chi connectivity index (χ2v) is 4.70. The summed E-state index contributed by atoms with van der Waals surface area (Å²) < 4.78 is 3.51. The van der Waals surface area contributed by atoms with E-state index in [0.717, 1.165) is 11.3 Å². The number of aromatic nitrogens is 4. The second kappa shape index (κ2) is 4.80. The summed E-state index contributed by atoms with van der Waals surface area (Å²) in [5, 5.41) is 4.01. The Morgan fingerprint density at radius 1 is 1.35 bits per heavy atom. The Kier molecular flexibility index (Phi) is 2.98. The normalized spacial score (nSPS) is 10.9. The van der Waals surface area contributed by atoms with Crippen LogP contribution in [0.15, 0.2) is 42.9 Å². The third kappa shape index (κ3) is 2.16. The third-order valence-electron chi connectivity index (χ3n) is 3.20. The molecule has 0 N–H and O–H groups in total. The number of carbonyl (C=O) groups is 1. The molecule has 0 aliphatic rings. The molecular weight excluding hydrogens is 254 g/mol. The number of hydrogen-bond acceptors (Lipinski definition) is 3. The van der Waals surface area contributed by atoms with Gasteiger partial charge in [-0.2, -0.15) is 5.10 Å². The van der Waals surface area contributed by atoms with Gasteiger partial charge in [-0.25, -0.2) is 4.98 Å². The first kappa shape index (κ1) is 12.4. The largest absolute Gasteiger partial charge is 0.334 e. The average Bonchev–Trinajstić information content (AvgIpc) is 3.03. The average molecular weight is 269 g/mol. The summed E-state index contributed by atoms with van der Waals surface area (Å²) in [6.07, 6.45) is 5.49. The van der Waals surface area contributed by atoms with Gasteiger partial charge in [0.05, 0.1) is 12.2 Å². The molecule has 3 aromatic rings. The molecule has 6 nitrogen and oxygen atoms in total. The molecule has 3 rings (SSSR count). The Balaban J connectivity index is 1.80. The number of pyridine rings is 1. The molecule has 0 bridgehead atoms. The van der Waals surface area contributed by atoms with Gasteiger partial charge in [-0.15, -0.1) is 0 Å². The Labute approximate surface area is 116 Å². The van der Waals surface area contributed by atoms with Crippen molar-refractivity contribution in [2.45, 2.75) is 6.54 Å². The van der Waals surface area contributed by atoms with Gasteiger partial charge in [0.15, 0.2) is 0 Å². The van der Waals surface area contributed by atoms with Crippen molar-refractivity contribution in [3.8, 4) is 0 Å². The highest BCUT2D eigenvalue weighted by atomic mass is 16.2. The molecule has 0 radical (unpaired) electrons. The lowest BCUT2D eigenvalue weighted by atomic mass is 10.3. The van der Waals surface area contributed by atoms with Crippen LogP contribution in [0.4, 0.5) is 0 Å². The van der Waals surface area contributed by atoms with Gasteiger partial charge in [0, 0.05) is 32.7 Å². The lowest BCUT2D eigenvalue weighted by Crippen LogP contribution is -2.28. The van der Waals surface area contributed by atoms with E-state index >= 15 is 0 Å². The quantitative estimate of drug-likeness (QED) is 0.721. The maximum atomic E-state index is 12.3. The van der Waals surface area contributed by atoms with Crippen molar-refractivity contribution in [1.82, 2.24) is 24.1 Å². The summed E-state index contributed by atoms with van der Waals surface area (Å²) in [5.74, 6) is -0.0675. The molecular formula is C14H15N5O. The Morgan fingerprint density at radius 3 is 2.90 bits per heavy atom. The minimum atomic E-state index is -0.0675. The lowest BCUT2D eigenvalue weighted by Gasteiger charge is -2.15. The van der Waals surface area contributed by atoms with Gasteiger partial charge in [0.25, 0.3) is 5.91 Å². The molecule has 0 aliphatic heterocycles. The SMILES string of the molecule is CN(Cc1cn2ccccc2n1)C(=O)c1ccnn1C. The smallest absolute Gasteiger partial charge is 0.272 e. The van der Waals surface area contributed by atoms with E-state index in [0.29, 0.717) is 12.2 Å². The Hall–Kier alpha value is -2.63. The molecule has 0 spiro atoms. The maximum Gasteiger partial charge on any atom is 0.272 e. The highest BCUT2D eigenvalue weighted by Gasteiger charge is 2.16. The number of nitrogens with zero attached hydrogens (tertiary/aromatic N) is 5. The number of hydrogen-bond donors (Lipinski definition) is 0. The van der Waals surface area contributed by atoms with E-state index in [-0.39, 0.29) is 5.91 Å². The molecule has 0 unspecified atom stereocenters. The zero-order chi connectivity index (χ0) is 14.1. The molecule has 0 fully saturated rings. The summed E-state index contributed by atoms with van der Waals surface area (Å²) in [6, 6.07) is 7.54. The molecule has 102 valence electrons. The van der Waals surface area contributed by atoms with E-state index in [1.54, 1.807) is 35.9 Å². The van der Waals surface area contributed by atoms with E-state index in [9.17, 15) is 4.79 Å². The van der Waals surface area contributed by atoms with Gasteiger partial charge in [-0.05, 0) is 18.2 Å². The predicted molar refractivity (Wildman–Crippen MR) is 74.2 cm³/mol. The summed E-state index contributed by atoms with van der Waals surface area (Å²) >= 11 is 0. The fourth-order valence-corrected chi connectivity index (χ4v) is 2.16. The van der Waals surface area contributed by atoms with Crippen molar-refractivity contribution in [3.05, 3.63) is 54.2 Å². The Bertz CT molecular complexity index is 725. The molecule has 1 amide bonds. The standard InChI is InChI=1S/C14H15N5O/c1-17(14(20)12-6-7-15-18(12)2)9-11-10-19-8-4-3-5-13(19)16-11/h3-8,10H,9H2,1-2H3. The van der Waals surface area contributed by atoms with E-state index < -0.39 is 0 Å². The van der Waals surface area contributed by atoms with Crippen molar-refractivity contribution >= 4 is 11.6 Å². The van der Waals surface area contributed by atoms with Crippen molar-refractivity contribution in [3.63, 3.8) is 0 Å². The predicted octanol–water partition coefficient (Wildman–Crippen LogP) is 1.34. The summed E-state index contributed by atoms with van der Waals surface area (Å²) in [4.78, 5) is 18.4. The van der Waals surface area contributed by atoms with Gasteiger partial charge >= 0.3 is 0 Å². The van der Waals surface area contributed by atoms with Gasteiger partial charge in [-0.1, -0.05) is 6.07 Å². The number of aryl methyl sites for hydroxylation is 1. The third-order valence-corrected chi connectivity index (χ3v) is 3.20. The van der Waals surface area contributed by atoms with Gasteiger partial charge in [0.2, 0.25) is 0 Å². The van der Waals surface area contributed by atoms with Crippen LogP contribution in [0.5, 0.6) is 0 Å². The highest BCUT2D eigenvalue weighted by Crippen LogP contribution is 2.09. The first-order valence-electron chi connectivity index (χ1n) is 6.31. The van der Waals surface area contributed by atoms with Crippen molar-refractivity contribution < 1.29 is 4.79 Å². The van der Waals surface area contributed by atoms with Crippen LogP contribution < -0.4 is 0 Å². The fourth-order valence-electron chi connectivity index (χ4n) is 2.16. The first-order chi connectivity index (χ1) is 9.65.